The van der Waals surface area contributed by atoms with Crippen LogP contribution in [0.25, 0.3) is 0 Å². The molecule has 0 saturated heterocycles. The second-order valence-corrected chi connectivity index (χ2v) is 8.90. The number of likely N-dealkylation sites (N-methyl/N-ethyl adjacent to an activating group) is 1. The van der Waals surface area contributed by atoms with Gasteiger partial charge < -0.3 is 10.2 Å². The Kier molecular flexibility index (Phi) is 7.06. The van der Waals surface area contributed by atoms with Crippen molar-refractivity contribution < 1.29 is 9.59 Å². The highest BCUT2D eigenvalue weighted by Gasteiger charge is 2.15. The van der Waals surface area contributed by atoms with Crippen molar-refractivity contribution in [3.63, 3.8) is 0 Å². The summed E-state index contributed by atoms with van der Waals surface area (Å²) in [5.41, 5.74) is 4.57. The summed E-state index contributed by atoms with van der Waals surface area (Å²) in [5, 5.41) is 4.85. The Morgan fingerprint density at radius 1 is 1.07 bits per heavy atom. The summed E-state index contributed by atoms with van der Waals surface area (Å²) < 4.78 is 1.04. The van der Waals surface area contributed by atoms with Gasteiger partial charge in [-0.15, -0.1) is 11.3 Å². The number of nitrogens with zero attached hydrogens (tertiary/aromatic N) is 2. The third-order valence-corrected chi connectivity index (χ3v) is 6.43. The Morgan fingerprint density at radius 2 is 1.76 bits per heavy atom. The molecular weight excluding hydrogens is 402 g/mol. The van der Waals surface area contributed by atoms with E-state index in [1.807, 2.05) is 55.6 Å². The maximum atomic E-state index is 12.6. The number of rotatable bonds is 7. The molecule has 1 N–H and O–H groups in total. The first-order valence-corrected chi connectivity index (χ1v) is 11.0. The average molecular weight is 426 g/mol. The first kappa shape index (κ1) is 21.1. The molecule has 29 heavy (non-hydrogen) atoms. The average Bonchev–Trinajstić information content (AvgIpc) is 3.13. The Hall–Kier alpha value is -2.64. The summed E-state index contributed by atoms with van der Waals surface area (Å²) in [5.74, 6) is 0.395. The molecule has 0 fully saturated rings. The second-order valence-electron chi connectivity index (χ2n) is 6.82. The van der Waals surface area contributed by atoms with Crippen LogP contribution in [-0.2, 0) is 10.5 Å². The van der Waals surface area contributed by atoms with E-state index in [2.05, 4.69) is 10.3 Å². The molecule has 2 amide bonds. The smallest absolute Gasteiger partial charge is 0.254 e. The van der Waals surface area contributed by atoms with Crippen LogP contribution in [0.4, 0.5) is 5.69 Å². The predicted molar refractivity (Wildman–Crippen MR) is 120 cm³/mol. The zero-order valence-electron chi connectivity index (χ0n) is 16.6. The first-order valence-electron chi connectivity index (χ1n) is 9.16. The summed E-state index contributed by atoms with van der Waals surface area (Å²) in [6, 6.07) is 15.1. The number of carbonyl (C=O) groups excluding carboxylic acids is 2. The molecule has 150 valence electrons. The zero-order chi connectivity index (χ0) is 20.8. The van der Waals surface area contributed by atoms with Gasteiger partial charge >= 0.3 is 0 Å². The SMILES string of the molecule is Cc1ccc(NC(=O)CN(C)C(=O)c2ccc(CSc3nc(C)cs3)cc2)cc1. The van der Waals surface area contributed by atoms with Crippen LogP contribution in [0.1, 0.15) is 27.2 Å². The molecule has 0 atom stereocenters. The summed E-state index contributed by atoms with van der Waals surface area (Å²) in [6.45, 7) is 3.97. The molecule has 0 spiro atoms. The van der Waals surface area contributed by atoms with Crippen molar-refractivity contribution in [1.29, 1.82) is 0 Å². The molecule has 0 radical (unpaired) electrons. The minimum Gasteiger partial charge on any atom is -0.332 e. The van der Waals surface area contributed by atoms with E-state index in [1.165, 1.54) is 4.90 Å². The lowest BCUT2D eigenvalue weighted by Gasteiger charge is -2.17. The summed E-state index contributed by atoms with van der Waals surface area (Å²) in [7, 11) is 1.63. The van der Waals surface area contributed by atoms with E-state index in [0.29, 0.717) is 5.56 Å². The van der Waals surface area contributed by atoms with Crippen LogP contribution in [0.3, 0.4) is 0 Å². The molecular formula is C22H23N3O2S2. The van der Waals surface area contributed by atoms with Crippen LogP contribution >= 0.6 is 23.1 Å². The van der Waals surface area contributed by atoms with Crippen LogP contribution in [0.5, 0.6) is 0 Å². The fourth-order valence-corrected chi connectivity index (χ4v) is 4.44. The lowest BCUT2D eigenvalue weighted by Crippen LogP contribution is -2.34. The number of aromatic nitrogens is 1. The number of hydrogen-bond donors (Lipinski definition) is 1. The molecule has 3 rings (SSSR count). The Morgan fingerprint density at radius 3 is 2.38 bits per heavy atom. The van der Waals surface area contributed by atoms with Crippen LogP contribution in [0.2, 0.25) is 0 Å². The number of thioether (sulfide) groups is 1. The van der Waals surface area contributed by atoms with Crippen molar-refractivity contribution in [2.75, 3.05) is 18.9 Å². The van der Waals surface area contributed by atoms with Gasteiger partial charge in [0.1, 0.15) is 4.34 Å². The number of anilines is 1. The van der Waals surface area contributed by atoms with Crippen LogP contribution in [0, 0.1) is 13.8 Å². The number of amides is 2. The normalized spacial score (nSPS) is 10.6. The monoisotopic (exact) mass is 425 g/mol. The van der Waals surface area contributed by atoms with E-state index in [4.69, 9.17) is 0 Å². The maximum absolute atomic E-state index is 12.6. The minimum atomic E-state index is -0.225. The molecule has 3 aromatic rings. The molecule has 5 nitrogen and oxygen atoms in total. The number of nitrogens with one attached hydrogen (secondary N) is 1. The molecule has 7 heteroatoms. The highest BCUT2D eigenvalue weighted by molar-refractivity contribution is 8.00. The highest BCUT2D eigenvalue weighted by atomic mass is 32.2. The number of thiazole rings is 1. The van der Waals surface area contributed by atoms with Gasteiger partial charge in [-0.1, -0.05) is 41.6 Å². The highest BCUT2D eigenvalue weighted by Crippen LogP contribution is 2.26. The van der Waals surface area contributed by atoms with E-state index < -0.39 is 0 Å². The molecule has 0 aliphatic rings. The fourth-order valence-electron chi connectivity index (χ4n) is 2.63. The molecule has 0 aliphatic heterocycles. The van der Waals surface area contributed by atoms with Crippen molar-refractivity contribution in [3.8, 4) is 0 Å². The van der Waals surface area contributed by atoms with Crippen molar-refractivity contribution in [2.45, 2.75) is 23.9 Å². The van der Waals surface area contributed by atoms with Gasteiger partial charge in [-0.3, -0.25) is 9.59 Å². The van der Waals surface area contributed by atoms with Crippen molar-refractivity contribution in [2.24, 2.45) is 0 Å². The van der Waals surface area contributed by atoms with Crippen molar-refractivity contribution >= 4 is 40.6 Å². The molecule has 0 bridgehead atoms. The van der Waals surface area contributed by atoms with Gasteiger partial charge in [-0.25, -0.2) is 4.98 Å². The zero-order valence-corrected chi connectivity index (χ0v) is 18.3. The molecule has 1 aromatic heterocycles. The first-order chi connectivity index (χ1) is 13.9. The topological polar surface area (TPSA) is 62.3 Å². The lowest BCUT2D eigenvalue weighted by atomic mass is 10.1. The number of hydrogen-bond acceptors (Lipinski definition) is 5. The summed E-state index contributed by atoms with van der Waals surface area (Å²) >= 11 is 3.32. The minimum absolute atomic E-state index is 0.00624. The van der Waals surface area contributed by atoms with Crippen molar-refractivity contribution in [1.82, 2.24) is 9.88 Å². The Bertz CT molecular complexity index is 982. The van der Waals surface area contributed by atoms with Gasteiger partial charge in [-0.05, 0) is 43.7 Å². The summed E-state index contributed by atoms with van der Waals surface area (Å²) in [6.07, 6.45) is 0. The molecule has 0 aliphatic carbocycles. The summed E-state index contributed by atoms with van der Waals surface area (Å²) in [4.78, 5) is 30.7. The maximum Gasteiger partial charge on any atom is 0.254 e. The largest absolute Gasteiger partial charge is 0.332 e. The van der Waals surface area contributed by atoms with Gasteiger partial charge in [-0.2, -0.15) is 0 Å². The van der Waals surface area contributed by atoms with Gasteiger partial charge in [0.2, 0.25) is 5.91 Å². The van der Waals surface area contributed by atoms with Crippen molar-refractivity contribution in [3.05, 3.63) is 76.3 Å². The van der Waals surface area contributed by atoms with E-state index in [-0.39, 0.29) is 18.4 Å². The molecule has 0 unspecified atom stereocenters. The van der Waals surface area contributed by atoms with Crippen LogP contribution in [-0.4, -0.2) is 35.3 Å². The number of benzene rings is 2. The Balaban J connectivity index is 1.51. The number of aryl methyl sites for hydroxylation is 2. The van der Waals surface area contributed by atoms with Gasteiger partial charge in [0.05, 0.1) is 6.54 Å². The van der Waals surface area contributed by atoms with Crippen LogP contribution in [0.15, 0.2) is 58.3 Å². The molecule has 0 saturated carbocycles. The molecule has 2 aromatic carbocycles. The fraction of sp³-hybridized carbons (Fsp3) is 0.227. The van der Waals surface area contributed by atoms with E-state index >= 15 is 0 Å². The lowest BCUT2D eigenvalue weighted by molar-refractivity contribution is -0.116. The number of carbonyl (C=O) groups is 2. The third-order valence-electron chi connectivity index (χ3n) is 4.22. The van der Waals surface area contributed by atoms with E-state index in [9.17, 15) is 9.59 Å². The predicted octanol–water partition coefficient (Wildman–Crippen LogP) is 4.76. The quantitative estimate of drug-likeness (QED) is 0.554. The standard InChI is InChI=1S/C22H23N3O2S2/c1-15-4-10-19(11-5-15)24-20(26)12-25(3)21(27)18-8-6-17(7-9-18)14-29-22-23-16(2)13-28-22/h4-11,13H,12,14H2,1-3H3,(H,24,26). The second kappa shape index (κ2) is 9.71. The Labute approximate surface area is 179 Å². The molecule has 1 heterocycles. The van der Waals surface area contributed by atoms with Gasteiger partial charge in [0.15, 0.2) is 0 Å². The van der Waals surface area contributed by atoms with Gasteiger partial charge in [0.25, 0.3) is 5.91 Å². The third kappa shape index (κ3) is 6.17. The van der Waals surface area contributed by atoms with Crippen LogP contribution < -0.4 is 5.32 Å². The van der Waals surface area contributed by atoms with E-state index in [1.54, 1.807) is 42.3 Å². The van der Waals surface area contributed by atoms with Gasteiger partial charge in [0, 0.05) is 35.1 Å². The van der Waals surface area contributed by atoms with E-state index in [0.717, 1.165) is 32.6 Å².